The molecule has 0 spiro atoms. The zero-order valence-corrected chi connectivity index (χ0v) is 22.0. The molecule has 1 atom stereocenters. The smallest absolute Gasteiger partial charge is 0.300 e. The molecule has 1 aliphatic rings. The average molecular weight is 522 g/mol. The zero-order chi connectivity index (χ0) is 26.9. The lowest BCUT2D eigenvalue weighted by atomic mass is 9.94. The number of ether oxygens (including phenoxy) is 3. The molecule has 3 aromatic carbocycles. The monoisotopic (exact) mass is 521 g/mol. The van der Waals surface area contributed by atoms with Gasteiger partial charge in [0.25, 0.3) is 11.7 Å². The summed E-state index contributed by atoms with van der Waals surface area (Å²) in [7, 11) is 4.48. The highest BCUT2D eigenvalue weighted by Crippen LogP contribution is 2.44. The number of nitrogens with zero attached hydrogens (tertiary/aromatic N) is 1. The first-order valence-electron chi connectivity index (χ1n) is 11.7. The van der Waals surface area contributed by atoms with Crippen LogP contribution in [0.2, 0.25) is 5.02 Å². The lowest BCUT2D eigenvalue weighted by Gasteiger charge is -2.26. The van der Waals surface area contributed by atoms with E-state index >= 15 is 0 Å². The van der Waals surface area contributed by atoms with Crippen LogP contribution in [0.1, 0.15) is 42.5 Å². The molecule has 8 heteroatoms. The van der Waals surface area contributed by atoms with Gasteiger partial charge in [0, 0.05) is 11.3 Å². The highest BCUT2D eigenvalue weighted by Gasteiger charge is 2.47. The van der Waals surface area contributed by atoms with Crippen LogP contribution < -0.4 is 19.1 Å². The molecule has 37 heavy (non-hydrogen) atoms. The molecule has 0 aromatic heterocycles. The number of methoxy groups -OCH3 is 3. The Hall–Kier alpha value is -3.97. The molecule has 0 saturated carbocycles. The second-order valence-corrected chi connectivity index (χ2v) is 9.29. The average Bonchev–Trinajstić information content (AvgIpc) is 3.18. The minimum atomic E-state index is -0.925. The summed E-state index contributed by atoms with van der Waals surface area (Å²) in [4.78, 5) is 28.3. The second-order valence-electron chi connectivity index (χ2n) is 8.88. The number of ketones is 1. The predicted octanol–water partition coefficient (Wildman–Crippen LogP) is 6.12. The predicted molar refractivity (Wildman–Crippen MR) is 143 cm³/mol. The van der Waals surface area contributed by atoms with Crippen LogP contribution >= 0.6 is 11.6 Å². The summed E-state index contributed by atoms with van der Waals surface area (Å²) in [5.74, 6) is -0.355. The van der Waals surface area contributed by atoms with E-state index in [1.54, 1.807) is 42.5 Å². The third-order valence-corrected chi connectivity index (χ3v) is 6.74. The Morgan fingerprint density at radius 2 is 1.51 bits per heavy atom. The van der Waals surface area contributed by atoms with Crippen molar-refractivity contribution in [2.45, 2.75) is 25.8 Å². The van der Waals surface area contributed by atoms with Gasteiger partial charge in [-0.1, -0.05) is 43.6 Å². The van der Waals surface area contributed by atoms with Gasteiger partial charge in [-0.25, -0.2) is 0 Å². The summed E-state index contributed by atoms with van der Waals surface area (Å²) < 4.78 is 16.1. The van der Waals surface area contributed by atoms with Crippen LogP contribution in [0.4, 0.5) is 5.69 Å². The number of rotatable bonds is 7. The molecule has 7 nitrogen and oxygen atoms in total. The van der Waals surface area contributed by atoms with Gasteiger partial charge in [-0.2, -0.15) is 0 Å². The summed E-state index contributed by atoms with van der Waals surface area (Å²) in [5.41, 5.74) is 2.41. The number of carbonyl (C=O) groups excluding carboxylic acids is 2. The molecule has 1 N–H and O–H groups in total. The fourth-order valence-electron chi connectivity index (χ4n) is 4.42. The number of aliphatic hydroxyl groups is 1. The Bertz CT molecular complexity index is 1380. The van der Waals surface area contributed by atoms with Crippen molar-refractivity contribution in [3.63, 3.8) is 0 Å². The van der Waals surface area contributed by atoms with Gasteiger partial charge in [0.2, 0.25) is 0 Å². The van der Waals surface area contributed by atoms with Gasteiger partial charge >= 0.3 is 0 Å². The largest absolute Gasteiger partial charge is 0.507 e. The molecule has 1 amide bonds. The third-order valence-electron chi connectivity index (χ3n) is 6.43. The van der Waals surface area contributed by atoms with Gasteiger partial charge < -0.3 is 19.3 Å². The van der Waals surface area contributed by atoms with E-state index in [0.29, 0.717) is 45.0 Å². The van der Waals surface area contributed by atoms with Crippen molar-refractivity contribution in [2.24, 2.45) is 0 Å². The maximum Gasteiger partial charge on any atom is 0.300 e. The van der Waals surface area contributed by atoms with E-state index in [0.717, 1.165) is 5.56 Å². The fourth-order valence-corrected chi connectivity index (χ4v) is 4.61. The molecular weight excluding hydrogens is 494 g/mol. The summed E-state index contributed by atoms with van der Waals surface area (Å²) in [5, 5.41) is 11.7. The fraction of sp³-hybridized carbons (Fsp3) is 0.241. The quantitative estimate of drug-likeness (QED) is 0.229. The molecule has 3 aromatic rings. The topological polar surface area (TPSA) is 85.3 Å². The van der Waals surface area contributed by atoms with Crippen LogP contribution in [-0.2, 0) is 9.59 Å². The van der Waals surface area contributed by atoms with Gasteiger partial charge in [-0.3, -0.25) is 14.5 Å². The molecule has 1 unspecified atom stereocenters. The van der Waals surface area contributed by atoms with Crippen molar-refractivity contribution in [1.29, 1.82) is 0 Å². The summed E-state index contributed by atoms with van der Waals surface area (Å²) >= 11 is 6.16. The van der Waals surface area contributed by atoms with E-state index in [-0.39, 0.29) is 11.3 Å². The first-order valence-corrected chi connectivity index (χ1v) is 12.1. The van der Waals surface area contributed by atoms with E-state index in [2.05, 4.69) is 13.8 Å². The number of carbonyl (C=O) groups is 2. The van der Waals surface area contributed by atoms with E-state index in [1.807, 2.05) is 12.1 Å². The maximum absolute atomic E-state index is 13.4. The Morgan fingerprint density at radius 1 is 0.865 bits per heavy atom. The van der Waals surface area contributed by atoms with Crippen LogP contribution in [-0.4, -0.2) is 38.1 Å². The van der Waals surface area contributed by atoms with Gasteiger partial charge in [0.1, 0.15) is 11.5 Å². The van der Waals surface area contributed by atoms with Gasteiger partial charge in [-0.05, 0) is 59.5 Å². The molecule has 1 saturated heterocycles. The number of amides is 1. The van der Waals surface area contributed by atoms with Crippen molar-refractivity contribution in [3.8, 4) is 17.2 Å². The summed E-state index contributed by atoms with van der Waals surface area (Å²) in [6.45, 7) is 4.15. The Morgan fingerprint density at radius 3 is 2.11 bits per heavy atom. The van der Waals surface area contributed by atoms with E-state index in [4.69, 9.17) is 25.8 Å². The van der Waals surface area contributed by atoms with Crippen molar-refractivity contribution >= 4 is 34.7 Å². The molecule has 1 fully saturated rings. The number of benzene rings is 3. The Labute approximate surface area is 220 Å². The lowest BCUT2D eigenvalue weighted by molar-refractivity contribution is -0.132. The molecule has 1 heterocycles. The first-order chi connectivity index (χ1) is 17.7. The van der Waals surface area contributed by atoms with Crippen LogP contribution in [0, 0.1) is 0 Å². The number of Topliss-reactive ketones (excluding diaryl/α,β-unsaturated/α-hetero) is 1. The standard InChI is InChI=1S/C29H28ClNO6/c1-16(2)17-6-10-20(11-7-17)31-26(18-9-13-22(35-3)24(14-18)37-5)25(28(33)29(31)34)27(32)19-8-12-21(30)23(15-19)36-4/h6-16,26,32H,1-5H3/b27-25-. The third kappa shape index (κ3) is 4.74. The molecule has 192 valence electrons. The van der Waals surface area contributed by atoms with Gasteiger partial charge in [-0.15, -0.1) is 0 Å². The lowest BCUT2D eigenvalue weighted by Crippen LogP contribution is -2.29. The van der Waals surface area contributed by atoms with E-state index in [9.17, 15) is 14.7 Å². The second kappa shape index (κ2) is 10.6. The van der Waals surface area contributed by atoms with Crippen LogP contribution in [0.3, 0.4) is 0 Å². The highest BCUT2D eigenvalue weighted by molar-refractivity contribution is 6.51. The van der Waals surface area contributed by atoms with Gasteiger partial charge in [0.05, 0.1) is 38.0 Å². The van der Waals surface area contributed by atoms with Gasteiger partial charge in [0.15, 0.2) is 11.5 Å². The maximum atomic E-state index is 13.4. The highest BCUT2D eigenvalue weighted by atomic mass is 35.5. The van der Waals surface area contributed by atoms with Crippen molar-refractivity contribution in [3.05, 3.63) is 87.9 Å². The normalized spacial score (nSPS) is 16.8. The summed E-state index contributed by atoms with van der Waals surface area (Å²) in [6, 6.07) is 16.3. The van der Waals surface area contributed by atoms with Crippen LogP contribution in [0.5, 0.6) is 17.2 Å². The summed E-state index contributed by atoms with van der Waals surface area (Å²) in [6.07, 6.45) is 0. The molecule has 0 bridgehead atoms. The van der Waals surface area contributed by atoms with Crippen molar-refractivity contribution < 1.29 is 28.9 Å². The number of halogens is 1. The SMILES string of the molecule is COc1cc(/C(O)=C2/C(=O)C(=O)N(c3ccc(C(C)C)cc3)C2c2ccc(OC)c(OC)c2)ccc1Cl. The molecule has 4 rings (SSSR count). The molecule has 1 aliphatic heterocycles. The Balaban J connectivity index is 1.95. The van der Waals surface area contributed by atoms with E-state index < -0.39 is 17.7 Å². The minimum absolute atomic E-state index is 0.0606. The number of hydrogen-bond donors (Lipinski definition) is 1. The molecule has 0 aliphatic carbocycles. The van der Waals surface area contributed by atoms with Crippen LogP contribution in [0.15, 0.2) is 66.2 Å². The Kier molecular flexibility index (Phi) is 7.45. The van der Waals surface area contributed by atoms with Crippen molar-refractivity contribution in [2.75, 3.05) is 26.2 Å². The minimum Gasteiger partial charge on any atom is -0.507 e. The van der Waals surface area contributed by atoms with Crippen molar-refractivity contribution in [1.82, 2.24) is 0 Å². The number of anilines is 1. The van der Waals surface area contributed by atoms with E-state index in [1.165, 1.54) is 32.3 Å². The zero-order valence-electron chi connectivity index (χ0n) is 21.2. The first kappa shape index (κ1) is 26.1. The molecule has 0 radical (unpaired) electrons. The number of hydrogen-bond acceptors (Lipinski definition) is 6. The number of aliphatic hydroxyl groups excluding tert-OH is 1. The van der Waals surface area contributed by atoms with Crippen LogP contribution in [0.25, 0.3) is 5.76 Å². The molecular formula is C29H28ClNO6.